The number of rotatable bonds is 5. The zero-order valence-corrected chi connectivity index (χ0v) is 17.4. The van der Waals surface area contributed by atoms with Crippen molar-refractivity contribution >= 4 is 55.1 Å². The normalized spacial score (nSPS) is 10.7. The number of hydrogen-bond acceptors (Lipinski definition) is 7. The van der Waals surface area contributed by atoms with Crippen LogP contribution in [-0.2, 0) is 9.47 Å². The monoisotopic (exact) mass is 465 g/mol. The maximum atomic E-state index is 13.1. The smallest absolute Gasteiger partial charge is 0.412 e. The lowest BCUT2D eigenvalue weighted by molar-refractivity contribution is 0.0520. The third kappa shape index (κ3) is 3.92. The number of fused-ring (bicyclic) bond motifs is 1. The topological polar surface area (TPSA) is 99.5 Å². The maximum Gasteiger partial charge on any atom is 0.412 e. The van der Waals surface area contributed by atoms with E-state index in [1.54, 1.807) is 43.5 Å². The molecule has 3 aromatic rings. The molecule has 146 valence electrons. The Bertz CT molecular complexity index is 1090. The molecule has 0 aliphatic heterocycles. The van der Waals surface area contributed by atoms with E-state index in [2.05, 4.69) is 26.3 Å². The Balaban J connectivity index is 2.24. The number of amides is 1. The van der Waals surface area contributed by atoms with Gasteiger partial charge in [0.1, 0.15) is 5.00 Å². The number of carbonyl (C=O) groups excluding carboxylic acids is 2. The van der Waals surface area contributed by atoms with Gasteiger partial charge in [0.15, 0.2) is 5.69 Å². The number of carbonyl (C=O) groups is 2. The van der Waals surface area contributed by atoms with E-state index in [4.69, 9.17) is 9.47 Å². The fraction of sp³-hybridized carbons (Fsp3) is 0.222. The average molecular weight is 466 g/mol. The highest BCUT2D eigenvalue weighted by Crippen LogP contribution is 2.30. The second kappa shape index (κ2) is 8.53. The molecular weight excluding hydrogens is 450 g/mol. The molecule has 0 aliphatic carbocycles. The molecule has 0 spiro atoms. The number of esters is 1. The molecule has 1 amide bonds. The molecular formula is C18H16BrN3O5S. The summed E-state index contributed by atoms with van der Waals surface area (Å²) in [6.07, 6.45) is -0.685. The van der Waals surface area contributed by atoms with Crippen molar-refractivity contribution in [1.29, 1.82) is 0 Å². The van der Waals surface area contributed by atoms with Crippen molar-refractivity contribution in [3.05, 3.63) is 50.2 Å². The number of benzene rings is 1. The minimum atomic E-state index is -0.685. The molecule has 1 N–H and O–H groups in total. The Morgan fingerprint density at radius 1 is 1.18 bits per heavy atom. The standard InChI is InChI=1S/C18H16BrN3O5S/c1-3-26-17(24)14-12-9-28-15(20-18(25)27-4-2)13(12)16(23)22(21-14)11-7-5-10(19)6-8-11/h5-9H,3-4H2,1-2H3,(H,20,25). The zero-order valence-electron chi connectivity index (χ0n) is 15.0. The van der Waals surface area contributed by atoms with Crippen molar-refractivity contribution < 1.29 is 19.1 Å². The van der Waals surface area contributed by atoms with Crippen LogP contribution in [0.4, 0.5) is 9.80 Å². The lowest BCUT2D eigenvalue weighted by atomic mass is 10.2. The summed E-state index contributed by atoms with van der Waals surface area (Å²) < 4.78 is 11.9. The summed E-state index contributed by atoms with van der Waals surface area (Å²) in [6.45, 7) is 3.71. The summed E-state index contributed by atoms with van der Waals surface area (Å²) in [6, 6.07) is 6.88. The second-order valence-electron chi connectivity index (χ2n) is 5.46. The Morgan fingerprint density at radius 2 is 1.86 bits per heavy atom. The predicted octanol–water partition coefficient (Wildman–Crippen LogP) is 3.95. The molecule has 0 radical (unpaired) electrons. The number of anilines is 1. The number of halogens is 1. The van der Waals surface area contributed by atoms with E-state index in [1.165, 1.54) is 0 Å². The first-order valence-corrected chi connectivity index (χ1v) is 10.0. The molecule has 2 heterocycles. The third-order valence-electron chi connectivity index (χ3n) is 3.68. The van der Waals surface area contributed by atoms with Crippen molar-refractivity contribution in [3.8, 4) is 5.69 Å². The van der Waals surface area contributed by atoms with Crippen LogP contribution in [0.3, 0.4) is 0 Å². The number of aromatic nitrogens is 2. The van der Waals surface area contributed by atoms with Crippen LogP contribution < -0.4 is 10.9 Å². The van der Waals surface area contributed by atoms with Gasteiger partial charge in [-0.05, 0) is 38.1 Å². The van der Waals surface area contributed by atoms with Crippen molar-refractivity contribution in [2.45, 2.75) is 13.8 Å². The van der Waals surface area contributed by atoms with E-state index in [0.717, 1.165) is 20.5 Å². The molecule has 2 aromatic heterocycles. The largest absolute Gasteiger partial charge is 0.461 e. The summed E-state index contributed by atoms with van der Waals surface area (Å²) in [5, 5.41) is 9.12. The first-order chi connectivity index (χ1) is 13.5. The summed E-state index contributed by atoms with van der Waals surface area (Å²) in [4.78, 5) is 37.4. The Labute approximate surface area is 172 Å². The molecule has 0 fully saturated rings. The minimum absolute atomic E-state index is 0.00692. The molecule has 0 saturated heterocycles. The van der Waals surface area contributed by atoms with Gasteiger partial charge in [-0.25, -0.2) is 9.59 Å². The van der Waals surface area contributed by atoms with Gasteiger partial charge in [-0.3, -0.25) is 10.1 Å². The van der Waals surface area contributed by atoms with Crippen LogP contribution in [0.15, 0.2) is 38.9 Å². The molecule has 3 rings (SSSR count). The lowest BCUT2D eigenvalue weighted by Gasteiger charge is -2.10. The predicted molar refractivity (Wildman–Crippen MR) is 110 cm³/mol. The molecule has 0 aliphatic rings. The van der Waals surface area contributed by atoms with Crippen LogP contribution in [0, 0.1) is 0 Å². The number of hydrogen-bond donors (Lipinski definition) is 1. The fourth-order valence-corrected chi connectivity index (χ4v) is 3.70. The van der Waals surface area contributed by atoms with Gasteiger partial charge in [0.05, 0.1) is 24.3 Å². The molecule has 28 heavy (non-hydrogen) atoms. The highest BCUT2D eigenvalue weighted by Gasteiger charge is 2.23. The first-order valence-electron chi connectivity index (χ1n) is 8.37. The number of nitrogens with zero attached hydrogens (tertiary/aromatic N) is 2. The van der Waals surface area contributed by atoms with Gasteiger partial charge >= 0.3 is 12.1 Å². The fourth-order valence-electron chi connectivity index (χ4n) is 2.51. The van der Waals surface area contributed by atoms with E-state index >= 15 is 0 Å². The molecule has 1 aromatic carbocycles. The van der Waals surface area contributed by atoms with Crippen LogP contribution >= 0.6 is 27.3 Å². The van der Waals surface area contributed by atoms with Gasteiger partial charge < -0.3 is 9.47 Å². The van der Waals surface area contributed by atoms with Gasteiger partial charge in [0.2, 0.25) is 0 Å². The van der Waals surface area contributed by atoms with Crippen LogP contribution in [0.25, 0.3) is 16.5 Å². The Kier molecular flexibility index (Phi) is 6.10. The van der Waals surface area contributed by atoms with Gasteiger partial charge in [0, 0.05) is 15.2 Å². The average Bonchev–Trinajstić information content (AvgIpc) is 3.07. The number of thiophene rings is 1. The zero-order chi connectivity index (χ0) is 20.3. The lowest BCUT2D eigenvalue weighted by Crippen LogP contribution is -2.25. The third-order valence-corrected chi connectivity index (χ3v) is 5.11. The van der Waals surface area contributed by atoms with E-state index in [9.17, 15) is 14.4 Å². The van der Waals surface area contributed by atoms with Crippen LogP contribution in [0.2, 0.25) is 0 Å². The summed E-state index contributed by atoms with van der Waals surface area (Å²) in [7, 11) is 0. The maximum absolute atomic E-state index is 13.1. The summed E-state index contributed by atoms with van der Waals surface area (Å²) in [5.74, 6) is -0.654. The summed E-state index contributed by atoms with van der Waals surface area (Å²) in [5.41, 5.74) is -0.0140. The number of nitrogens with one attached hydrogen (secondary N) is 1. The van der Waals surface area contributed by atoms with Crippen molar-refractivity contribution in [2.24, 2.45) is 0 Å². The highest BCUT2D eigenvalue weighted by atomic mass is 79.9. The second-order valence-corrected chi connectivity index (χ2v) is 7.26. The molecule has 0 bridgehead atoms. The molecule has 0 saturated carbocycles. The van der Waals surface area contributed by atoms with Crippen molar-refractivity contribution in [1.82, 2.24) is 9.78 Å². The van der Waals surface area contributed by atoms with E-state index in [-0.39, 0.29) is 29.3 Å². The van der Waals surface area contributed by atoms with E-state index in [1.807, 2.05) is 0 Å². The molecule has 0 unspecified atom stereocenters. The van der Waals surface area contributed by atoms with Crippen LogP contribution in [-0.4, -0.2) is 35.1 Å². The van der Waals surface area contributed by atoms with E-state index < -0.39 is 17.6 Å². The molecule has 8 nitrogen and oxygen atoms in total. The molecule has 0 atom stereocenters. The minimum Gasteiger partial charge on any atom is -0.461 e. The van der Waals surface area contributed by atoms with Crippen LogP contribution in [0.1, 0.15) is 24.3 Å². The van der Waals surface area contributed by atoms with Crippen LogP contribution in [0.5, 0.6) is 0 Å². The molecule has 10 heteroatoms. The first kappa shape index (κ1) is 20.0. The van der Waals surface area contributed by atoms with Crippen molar-refractivity contribution in [2.75, 3.05) is 18.5 Å². The van der Waals surface area contributed by atoms with Crippen molar-refractivity contribution in [3.63, 3.8) is 0 Å². The quantitative estimate of drug-likeness (QED) is 0.572. The van der Waals surface area contributed by atoms with Gasteiger partial charge in [-0.1, -0.05) is 15.9 Å². The van der Waals surface area contributed by atoms with Gasteiger partial charge in [-0.15, -0.1) is 11.3 Å². The highest BCUT2D eigenvalue weighted by molar-refractivity contribution is 9.10. The Hall–Kier alpha value is -2.72. The number of ether oxygens (including phenoxy) is 2. The van der Waals surface area contributed by atoms with Gasteiger partial charge in [0.25, 0.3) is 5.56 Å². The van der Waals surface area contributed by atoms with E-state index in [0.29, 0.717) is 11.1 Å². The SMILES string of the molecule is CCOC(=O)Nc1scc2c(C(=O)OCC)nn(-c3ccc(Br)cc3)c(=O)c12. The van der Waals surface area contributed by atoms with Gasteiger partial charge in [-0.2, -0.15) is 9.78 Å². The summed E-state index contributed by atoms with van der Waals surface area (Å²) >= 11 is 4.45. The Morgan fingerprint density at radius 3 is 2.50 bits per heavy atom.